The zero-order valence-electron chi connectivity index (χ0n) is 15.0. The average Bonchev–Trinajstić information content (AvgIpc) is 3.03. The third kappa shape index (κ3) is 4.37. The molecule has 4 nitrogen and oxygen atoms in total. The van der Waals surface area contributed by atoms with Crippen molar-refractivity contribution in [1.82, 2.24) is 4.57 Å². The molecule has 1 aromatic heterocycles. The third-order valence-corrected chi connectivity index (χ3v) is 6.11. The lowest BCUT2D eigenvalue weighted by atomic mass is 10.3. The summed E-state index contributed by atoms with van der Waals surface area (Å²) in [4.78, 5) is 18.7. The van der Waals surface area contributed by atoms with Gasteiger partial charge in [0.25, 0.3) is 0 Å². The fourth-order valence-corrected chi connectivity index (χ4v) is 4.74. The number of aryl methyl sites for hydroxylation is 1. The lowest BCUT2D eigenvalue weighted by Crippen LogP contribution is -2.16. The number of hydrogen-bond acceptors (Lipinski definition) is 4. The van der Waals surface area contributed by atoms with E-state index in [1.165, 1.54) is 16.2 Å². The number of nitrogens with zero attached hydrogens (tertiary/aromatic N) is 2. The standard InChI is InChI=1S/C20H22N2O2S2/c1-3-22-19-16(24-2)11-7-12-17(19)26-20(22)21-18(23)13-8-14-25-15-9-5-4-6-10-15/h4-7,9-12H,3,8,13-14H2,1-2H3. The van der Waals surface area contributed by atoms with E-state index in [1.54, 1.807) is 18.9 Å². The van der Waals surface area contributed by atoms with Gasteiger partial charge in [0, 0.05) is 17.9 Å². The number of para-hydroxylation sites is 1. The van der Waals surface area contributed by atoms with Crippen LogP contribution in [0.2, 0.25) is 0 Å². The average molecular weight is 387 g/mol. The monoisotopic (exact) mass is 386 g/mol. The van der Waals surface area contributed by atoms with Crippen LogP contribution < -0.4 is 9.54 Å². The van der Waals surface area contributed by atoms with Crippen LogP contribution >= 0.6 is 23.1 Å². The van der Waals surface area contributed by atoms with Crippen molar-refractivity contribution in [3.63, 3.8) is 0 Å². The minimum atomic E-state index is -0.0635. The van der Waals surface area contributed by atoms with Crippen molar-refractivity contribution in [1.29, 1.82) is 0 Å². The minimum absolute atomic E-state index is 0.0635. The molecule has 3 aromatic rings. The molecule has 1 heterocycles. The molecular formula is C20H22N2O2S2. The normalized spacial score (nSPS) is 11.8. The smallest absolute Gasteiger partial charge is 0.248 e. The van der Waals surface area contributed by atoms with Crippen LogP contribution in [0.3, 0.4) is 0 Å². The van der Waals surface area contributed by atoms with Gasteiger partial charge in [-0.2, -0.15) is 4.99 Å². The second kappa shape index (κ2) is 9.05. The summed E-state index contributed by atoms with van der Waals surface area (Å²) in [5.74, 6) is 1.67. The molecule has 0 saturated heterocycles. The van der Waals surface area contributed by atoms with Crippen molar-refractivity contribution in [2.75, 3.05) is 12.9 Å². The zero-order valence-corrected chi connectivity index (χ0v) is 16.6. The lowest BCUT2D eigenvalue weighted by Gasteiger charge is -2.05. The van der Waals surface area contributed by atoms with Gasteiger partial charge in [0.1, 0.15) is 11.3 Å². The molecule has 2 aromatic carbocycles. The molecule has 0 fully saturated rings. The van der Waals surface area contributed by atoms with Gasteiger partial charge in [-0.05, 0) is 43.4 Å². The number of thioether (sulfide) groups is 1. The molecule has 0 saturated carbocycles. The molecule has 0 aliphatic heterocycles. The number of hydrogen-bond donors (Lipinski definition) is 0. The van der Waals surface area contributed by atoms with Gasteiger partial charge in [0.15, 0.2) is 4.80 Å². The van der Waals surface area contributed by atoms with E-state index in [0.29, 0.717) is 6.42 Å². The Morgan fingerprint density at radius 2 is 2.00 bits per heavy atom. The highest BCUT2D eigenvalue weighted by Crippen LogP contribution is 2.27. The van der Waals surface area contributed by atoms with E-state index < -0.39 is 0 Å². The first kappa shape index (κ1) is 18.7. The van der Waals surface area contributed by atoms with Gasteiger partial charge in [-0.1, -0.05) is 35.6 Å². The van der Waals surface area contributed by atoms with E-state index >= 15 is 0 Å². The van der Waals surface area contributed by atoms with Crippen LogP contribution in [0.15, 0.2) is 58.4 Å². The van der Waals surface area contributed by atoms with Crippen molar-refractivity contribution in [3.8, 4) is 5.75 Å². The number of benzene rings is 2. The first-order valence-corrected chi connectivity index (χ1v) is 10.4. The largest absolute Gasteiger partial charge is 0.495 e. The number of amides is 1. The second-order valence-corrected chi connectivity index (χ2v) is 7.88. The van der Waals surface area contributed by atoms with Crippen LogP contribution in [0.25, 0.3) is 10.2 Å². The Labute approximate surface area is 161 Å². The van der Waals surface area contributed by atoms with Crippen LogP contribution in [-0.4, -0.2) is 23.3 Å². The summed E-state index contributed by atoms with van der Waals surface area (Å²) in [7, 11) is 1.67. The van der Waals surface area contributed by atoms with Gasteiger partial charge in [-0.25, -0.2) is 0 Å². The Morgan fingerprint density at radius 1 is 1.19 bits per heavy atom. The number of rotatable bonds is 7. The summed E-state index contributed by atoms with van der Waals surface area (Å²) in [6.45, 7) is 2.80. The zero-order chi connectivity index (χ0) is 18.4. The van der Waals surface area contributed by atoms with E-state index in [1.807, 2.05) is 36.4 Å². The summed E-state index contributed by atoms with van der Waals surface area (Å²) in [5, 5.41) is 0. The van der Waals surface area contributed by atoms with Crippen molar-refractivity contribution >= 4 is 39.2 Å². The summed E-state index contributed by atoms with van der Waals surface area (Å²) >= 11 is 3.30. The summed E-state index contributed by atoms with van der Waals surface area (Å²) in [5.41, 5.74) is 1.01. The fourth-order valence-electron chi connectivity index (χ4n) is 2.73. The Bertz CT molecular complexity index is 945. The third-order valence-electron chi connectivity index (χ3n) is 3.97. The topological polar surface area (TPSA) is 43.6 Å². The molecule has 26 heavy (non-hydrogen) atoms. The highest BCUT2D eigenvalue weighted by molar-refractivity contribution is 7.99. The number of carbonyl (C=O) groups excluding carboxylic acids is 1. The second-order valence-electron chi connectivity index (χ2n) is 5.71. The Morgan fingerprint density at radius 3 is 2.73 bits per heavy atom. The number of thiazole rings is 1. The van der Waals surface area contributed by atoms with Crippen LogP contribution in [0.1, 0.15) is 19.8 Å². The molecule has 3 rings (SSSR count). The maximum absolute atomic E-state index is 12.3. The molecular weight excluding hydrogens is 364 g/mol. The van der Waals surface area contributed by atoms with Crippen LogP contribution in [0.4, 0.5) is 0 Å². The van der Waals surface area contributed by atoms with Crippen molar-refractivity contribution in [3.05, 3.63) is 53.3 Å². The molecule has 1 amide bonds. The lowest BCUT2D eigenvalue weighted by molar-refractivity contribution is -0.118. The van der Waals surface area contributed by atoms with E-state index in [4.69, 9.17) is 4.74 Å². The summed E-state index contributed by atoms with van der Waals surface area (Å²) in [6, 6.07) is 16.2. The number of aromatic nitrogens is 1. The predicted octanol–water partition coefficient (Wildman–Crippen LogP) is 4.73. The van der Waals surface area contributed by atoms with Gasteiger partial charge in [-0.3, -0.25) is 4.79 Å². The Kier molecular flexibility index (Phi) is 6.52. The molecule has 0 radical (unpaired) electrons. The minimum Gasteiger partial charge on any atom is -0.495 e. The first-order valence-electron chi connectivity index (χ1n) is 8.64. The molecule has 0 aliphatic rings. The number of fused-ring (bicyclic) bond motifs is 1. The van der Waals surface area contributed by atoms with Crippen molar-refractivity contribution in [2.45, 2.75) is 31.2 Å². The highest BCUT2D eigenvalue weighted by atomic mass is 32.2. The van der Waals surface area contributed by atoms with Gasteiger partial charge in [-0.15, -0.1) is 11.8 Å². The molecule has 0 bridgehead atoms. The fraction of sp³-hybridized carbons (Fsp3) is 0.300. The summed E-state index contributed by atoms with van der Waals surface area (Å²) < 4.78 is 8.60. The molecule has 0 aliphatic carbocycles. The molecule has 0 N–H and O–H groups in total. The molecule has 0 atom stereocenters. The van der Waals surface area contributed by atoms with E-state index in [0.717, 1.165) is 39.5 Å². The quantitative estimate of drug-likeness (QED) is 0.435. The van der Waals surface area contributed by atoms with Crippen LogP contribution in [0, 0.1) is 0 Å². The van der Waals surface area contributed by atoms with Crippen molar-refractivity contribution in [2.24, 2.45) is 4.99 Å². The number of ether oxygens (including phenoxy) is 1. The summed E-state index contributed by atoms with van der Waals surface area (Å²) in [6.07, 6.45) is 1.29. The van der Waals surface area contributed by atoms with E-state index in [-0.39, 0.29) is 5.91 Å². The Hall–Kier alpha value is -2.05. The first-order chi connectivity index (χ1) is 12.7. The SMILES string of the molecule is CCn1c(=NC(=O)CCCSc2ccccc2)sc2cccc(OC)c21. The molecule has 0 unspecified atom stereocenters. The maximum Gasteiger partial charge on any atom is 0.248 e. The Balaban J connectivity index is 1.70. The number of carbonyl (C=O) groups is 1. The molecule has 6 heteroatoms. The molecule has 136 valence electrons. The van der Waals surface area contributed by atoms with Gasteiger partial charge in [0.2, 0.25) is 5.91 Å². The predicted molar refractivity (Wildman–Crippen MR) is 109 cm³/mol. The van der Waals surface area contributed by atoms with E-state index in [2.05, 4.69) is 28.6 Å². The number of methoxy groups -OCH3 is 1. The van der Waals surface area contributed by atoms with Crippen molar-refractivity contribution < 1.29 is 9.53 Å². The van der Waals surface area contributed by atoms with Gasteiger partial charge >= 0.3 is 0 Å². The van der Waals surface area contributed by atoms with Crippen LogP contribution in [-0.2, 0) is 11.3 Å². The van der Waals surface area contributed by atoms with Crippen LogP contribution in [0.5, 0.6) is 5.75 Å². The van der Waals surface area contributed by atoms with Gasteiger partial charge in [0.05, 0.1) is 11.8 Å². The molecule has 0 spiro atoms. The van der Waals surface area contributed by atoms with Gasteiger partial charge < -0.3 is 9.30 Å². The maximum atomic E-state index is 12.3. The van der Waals surface area contributed by atoms with E-state index in [9.17, 15) is 4.79 Å². The highest BCUT2D eigenvalue weighted by Gasteiger charge is 2.11.